The third-order valence-electron chi connectivity index (χ3n) is 3.38. The SMILES string of the molecule is COc1ccc(OC)c(C(=O)N2CCCC(N)C2)c1.Cl. The third-order valence-corrected chi connectivity index (χ3v) is 3.38. The number of benzene rings is 1. The molecule has 1 aromatic carbocycles. The van der Waals surface area contributed by atoms with E-state index in [4.69, 9.17) is 15.2 Å². The van der Waals surface area contributed by atoms with Crippen molar-refractivity contribution < 1.29 is 14.3 Å². The van der Waals surface area contributed by atoms with Gasteiger partial charge in [0.25, 0.3) is 5.91 Å². The molecule has 1 unspecified atom stereocenters. The zero-order chi connectivity index (χ0) is 13.8. The molecule has 0 spiro atoms. The van der Waals surface area contributed by atoms with Gasteiger partial charge in [-0.25, -0.2) is 0 Å². The molecule has 1 fully saturated rings. The fourth-order valence-electron chi connectivity index (χ4n) is 2.35. The normalized spacial score (nSPS) is 18.1. The van der Waals surface area contributed by atoms with E-state index in [1.54, 1.807) is 37.3 Å². The first-order chi connectivity index (χ1) is 9.15. The maximum absolute atomic E-state index is 12.5. The van der Waals surface area contributed by atoms with Crippen molar-refractivity contribution in [2.75, 3.05) is 27.3 Å². The number of amides is 1. The topological polar surface area (TPSA) is 64.8 Å². The maximum Gasteiger partial charge on any atom is 0.257 e. The van der Waals surface area contributed by atoms with Crippen molar-refractivity contribution in [3.05, 3.63) is 23.8 Å². The van der Waals surface area contributed by atoms with Gasteiger partial charge in [0.2, 0.25) is 0 Å². The van der Waals surface area contributed by atoms with Crippen LogP contribution in [-0.2, 0) is 0 Å². The Morgan fingerprint density at radius 2 is 2.10 bits per heavy atom. The van der Waals surface area contributed by atoms with Crippen LogP contribution in [0.2, 0.25) is 0 Å². The highest BCUT2D eigenvalue weighted by molar-refractivity contribution is 5.97. The van der Waals surface area contributed by atoms with Crippen LogP contribution in [0.25, 0.3) is 0 Å². The fraction of sp³-hybridized carbons (Fsp3) is 0.500. The van der Waals surface area contributed by atoms with Crippen LogP contribution < -0.4 is 15.2 Å². The molecule has 0 bridgehead atoms. The predicted octanol–water partition coefficient (Wildman–Crippen LogP) is 1.69. The van der Waals surface area contributed by atoms with Crippen LogP contribution in [0.15, 0.2) is 18.2 Å². The van der Waals surface area contributed by atoms with E-state index < -0.39 is 0 Å². The van der Waals surface area contributed by atoms with Crippen LogP contribution in [-0.4, -0.2) is 44.2 Å². The molecule has 6 heteroatoms. The molecule has 0 radical (unpaired) electrons. The van der Waals surface area contributed by atoms with E-state index >= 15 is 0 Å². The lowest BCUT2D eigenvalue weighted by atomic mass is 10.0. The summed E-state index contributed by atoms with van der Waals surface area (Å²) in [7, 11) is 3.13. The van der Waals surface area contributed by atoms with Crippen molar-refractivity contribution in [2.45, 2.75) is 18.9 Å². The highest BCUT2D eigenvalue weighted by Gasteiger charge is 2.24. The van der Waals surface area contributed by atoms with Crippen molar-refractivity contribution in [2.24, 2.45) is 5.73 Å². The van der Waals surface area contributed by atoms with E-state index in [1.165, 1.54) is 0 Å². The second-order valence-corrected chi connectivity index (χ2v) is 4.72. The van der Waals surface area contributed by atoms with Gasteiger partial charge in [-0.15, -0.1) is 12.4 Å². The van der Waals surface area contributed by atoms with Crippen LogP contribution in [0.4, 0.5) is 0 Å². The van der Waals surface area contributed by atoms with Crippen molar-refractivity contribution in [3.63, 3.8) is 0 Å². The van der Waals surface area contributed by atoms with Gasteiger partial charge in [0.1, 0.15) is 11.5 Å². The van der Waals surface area contributed by atoms with E-state index in [2.05, 4.69) is 0 Å². The lowest BCUT2D eigenvalue weighted by Crippen LogP contribution is -2.45. The number of carbonyl (C=O) groups is 1. The zero-order valence-corrected chi connectivity index (χ0v) is 12.6. The molecule has 20 heavy (non-hydrogen) atoms. The van der Waals surface area contributed by atoms with Crippen LogP contribution in [0, 0.1) is 0 Å². The van der Waals surface area contributed by atoms with Crippen molar-refractivity contribution in [3.8, 4) is 11.5 Å². The van der Waals surface area contributed by atoms with Crippen molar-refractivity contribution >= 4 is 18.3 Å². The average Bonchev–Trinajstić information content (AvgIpc) is 2.45. The predicted molar refractivity (Wildman–Crippen MR) is 79.9 cm³/mol. The van der Waals surface area contributed by atoms with Gasteiger partial charge < -0.3 is 20.1 Å². The van der Waals surface area contributed by atoms with Gasteiger partial charge in [-0.2, -0.15) is 0 Å². The first kappa shape index (κ1) is 16.6. The second-order valence-electron chi connectivity index (χ2n) is 4.72. The Balaban J connectivity index is 0.00000200. The van der Waals surface area contributed by atoms with Gasteiger partial charge in [-0.3, -0.25) is 4.79 Å². The van der Waals surface area contributed by atoms with Gasteiger partial charge in [0, 0.05) is 19.1 Å². The summed E-state index contributed by atoms with van der Waals surface area (Å²) in [6.45, 7) is 1.34. The molecule has 5 nitrogen and oxygen atoms in total. The molecule has 1 amide bonds. The van der Waals surface area contributed by atoms with Crippen LogP contribution >= 0.6 is 12.4 Å². The van der Waals surface area contributed by atoms with Crippen LogP contribution in [0.5, 0.6) is 11.5 Å². The number of hydrogen-bond donors (Lipinski definition) is 1. The molecule has 112 valence electrons. The quantitative estimate of drug-likeness (QED) is 0.922. The third kappa shape index (κ3) is 3.55. The molecule has 2 N–H and O–H groups in total. The van der Waals surface area contributed by atoms with Gasteiger partial charge in [0.05, 0.1) is 19.8 Å². The number of halogens is 1. The fourth-order valence-corrected chi connectivity index (χ4v) is 2.35. The number of rotatable bonds is 3. The molecule has 0 aliphatic carbocycles. The molecular formula is C14H21ClN2O3. The molecule has 1 aliphatic heterocycles. The summed E-state index contributed by atoms with van der Waals surface area (Å²) in [5.74, 6) is 1.15. The van der Waals surface area contributed by atoms with Gasteiger partial charge in [-0.05, 0) is 31.0 Å². The standard InChI is InChI=1S/C14H20N2O3.ClH/c1-18-11-5-6-13(19-2)12(8-11)14(17)16-7-3-4-10(15)9-16;/h5-6,8,10H,3-4,7,9,15H2,1-2H3;1H. The molecule has 1 aromatic rings. The summed E-state index contributed by atoms with van der Waals surface area (Å²) in [6.07, 6.45) is 1.91. The summed E-state index contributed by atoms with van der Waals surface area (Å²) >= 11 is 0. The number of carbonyl (C=O) groups excluding carboxylic acids is 1. The summed E-state index contributed by atoms with van der Waals surface area (Å²) in [6, 6.07) is 5.30. The lowest BCUT2D eigenvalue weighted by Gasteiger charge is -2.31. The summed E-state index contributed by atoms with van der Waals surface area (Å²) < 4.78 is 10.4. The molecule has 0 saturated carbocycles. The molecular weight excluding hydrogens is 280 g/mol. The van der Waals surface area contributed by atoms with E-state index in [0.717, 1.165) is 19.4 Å². The number of nitrogens with two attached hydrogens (primary N) is 1. The van der Waals surface area contributed by atoms with Gasteiger partial charge in [-0.1, -0.05) is 0 Å². The maximum atomic E-state index is 12.5. The van der Waals surface area contributed by atoms with E-state index in [1.807, 2.05) is 0 Å². The Kier molecular flexibility index (Phi) is 6.10. The number of methoxy groups -OCH3 is 2. The summed E-state index contributed by atoms with van der Waals surface area (Å²) in [4.78, 5) is 14.3. The lowest BCUT2D eigenvalue weighted by molar-refractivity contribution is 0.0705. The Morgan fingerprint density at radius 1 is 1.35 bits per heavy atom. The summed E-state index contributed by atoms with van der Waals surface area (Å²) in [5, 5.41) is 0. The highest BCUT2D eigenvalue weighted by atomic mass is 35.5. The Bertz CT molecular complexity index is 468. The molecule has 1 saturated heterocycles. The Labute approximate surface area is 125 Å². The Hall–Kier alpha value is -1.46. The van der Waals surface area contributed by atoms with Crippen molar-refractivity contribution in [1.82, 2.24) is 4.90 Å². The number of hydrogen-bond acceptors (Lipinski definition) is 4. The number of ether oxygens (including phenoxy) is 2. The minimum absolute atomic E-state index is 0. The monoisotopic (exact) mass is 300 g/mol. The van der Waals surface area contributed by atoms with E-state index in [-0.39, 0.29) is 24.4 Å². The number of nitrogens with zero attached hydrogens (tertiary/aromatic N) is 1. The zero-order valence-electron chi connectivity index (χ0n) is 11.8. The van der Waals surface area contributed by atoms with Crippen LogP contribution in [0.1, 0.15) is 23.2 Å². The minimum atomic E-state index is -0.0501. The first-order valence-electron chi connectivity index (χ1n) is 6.42. The molecule has 1 aliphatic rings. The molecule has 2 rings (SSSR count). The number of piperidine rings is 1. The Morgan fingerprint density at radius 3 is 2.70 bits per heavy atom. The largest absolute Gasteiger partial charge is 0.497 e. The van der Waals surface area contributed by atoms with E-state index in [0.29, 0.717) is 23.6 Å². The molecule has 1 atom stereocenters. The summed E-state index contributed by atoms with van der Waals surface area (Å²) in [5.41, 5.74) is 6.44. The van der Waals surface area contributed by atoms with Crippen LogP contribution in [0.3, 0.4) is 0 Å². The van der Waals surface area contributed by atoms with E-state index in [9.17, 15) is 4.79 Å². The van der Waals surface area contributed by atoms with Gasteiger partial charge >= 0.3 is 0 Å². The average molecular weight is 301 g/mol. The molecule has 1 heterocycles. The number of likely N-dealkylation sites (tertiary alicyclic amines) is 1. The van der Waals surface area contributed by atoms with Gasteiger partial charge in [0.15, 0.2) is 0 Å². The first-order valence-corrected chi connectivity index (χ1v) is 6.42. The van der Waals surface area contributed by atoms with Crippen molar-refractivity contribution in [1.29, 1.82) is 0 Å². The molecule has 0 aromatic heterocycles. The second kappa shape index (κ2) is 7.36. The highest BCUT2D eigenvalue weighted by Crippen LogP contribution is 2.26. The minimum Gasteiger partial charge on any atom is -0.497 e. The smallest absolute Gasteiger partial charge is 0.257 e.